The molecule has 5 heteroatoms. The van der Waals surface area contributed by atoms with Gasteiger partial charge in [0.05, 0.1) is 18.2 Å². The summed E-state index contributed by atoms with van der Waals surface area (Å²) < 4.78 is 5.82. The Hall–Kier alpha value is -2.14. The van der Waals surface area contributed by atoms with Gasteiger partial charge in [0.15, 0.2) is 0 Å². The van der Waals surface area contributed by atoms with Gasteiger partial charge in [-0.05, 0) is 29.8 Å². The van der Waals surface area contributed by atoms with Crippen LogP contribution in [0.5, 0.6) is 0 Å². The largest absolute Gasteiger partial charge is 0.465 e. The number of para-hydroxylation sites is 1. The molecule has 3 aromatic rings. The van der Waals surface area contributed by atoms with Gasteiger partial charge >= 0.3 is 5.97 Å². The molecule has 0 aliphatic rings. The predicted molar refractivity (Wildman–Crippen MR) is 84.4 cm³/mol. The van der Waals surface area contributed by atoms with Gasteiger partial charge in [-0.25, -0.2) is 9.78 Å². The van der Waals surface area contributed by atoms with Crippen LogP contribution in [0.15, 0.2) is 46.9 Å². The summed E-state index contributed by atoms with van der Waals surface area (Å²) in [7, 11) is 1.37. The number of rotatable bonds is 3. The highest BCUT2D eigenvalue weighted by Gasteiger charge is 2.13. The molecular weight excluding hydrogens is 332 g/mol. The maximum absolute atomic E-state index is 11.8. The summed E-state index contributed by atoms with van der Waals surface area (Å²) in [5, 5.41) is 0. The minimum Gasteiger partial charge on any atom is -0.465 e. The van der Waals surface area contributed by atoms with Crippen molar-refractivity contribution in [3.05, 3.63) is 63.9 Å². The molecule has 0 atom stereocenters. The van der Waals surface area contributed by atoms with E-state index in [2.05, 4.69) is 32.0 Å². The lowest BCUT2D eigenvalue weighted by atomic mass is 10.1. The van der Waals surface area contributed by atoms with Gasteiger partial charge in [-0.2, -0.15) is 0 Å². The minimum absolute atomic E-state index is 0.374. The zero-order chi connectivity index (χ0) is 14.8. The molecule has 3 rings (SSSR count). The number of nitrogens with zero attached hydrogens (tertiary/aromatic N) is 1. The molecule has 0 saturated carbocycles. The number of imidazole rings is 1. The molecule has 0 spiro atoms. The summed E-state index contributed by atoms with van der Waals surface area (Å²) in [6, 6.07) is 13.5. The van der Waals surface area contributed by atoms with Crippen LogP contribution in [0, 0.1) is 0 Å². The van der Waals surface area contributed by atoms with Crippen molar-refractivity contribution in [2.24, 2.45) is 0 Å². The van der Waals surface area contributed by atoms with E-state index in [9.17, 15) is 4.79 Å². The van der Waals surface area contributed by atoms with E-state index in [4.69, 9.17) is 4.74 Å². The van der Waals surface area contributed by atoms with E-state index in [0.29, 0.717) is 17.5 Å². The molecule has 0 fully saturated rings. The van der Waals surface area contributed by atoms with E-state index in [0.717, 1.165) is 21.4 Å². The Morgan fingerprint density at radius 1 is 1.29 bits per heavy atom. The Balaban J connectivity index is 1.99. The molecule has 0 bridgehead atoms. The van der Waals surface area contributed by atoms with Crippen LogP contribution in [0.1, 0.15) is 21.7 Å². The highest BCUT2D eigenvalue weighted by molar-refractivity contribution is 9.10. The number of aromatic nitrogens is 2. The van der Waals surface area contributed by atoms with Crippen LogP contribution in [0.2, 0.25) is 0 Å². The van der Waals surface area contributed by atoms with Crippen LogP contribution >= 0.6 is 15.9 Å². The number of nitrogens with one attached hydrogen (secondary N) is 1. The fourth-order valence-corrected chi connectivity index (χ4v) is 2.73. The van der Waals surface area contributed by atoms with E-state index in [1.54, 1.807) is 6.07 Å². The second-order valence-corrected chi connectivity index (χ2v) is 5.60. The minimum atomic E-state index is -0.374. The van der Waals surface area contributed by atoms with Crippen molar-refractivity contribution in [2.75, 3.05) is 7.11 Å². The molecule has 0 aliphatic carbocycles. The summed E-state index contributed by atoms with van der Waals surface area (Å²) in [5.74, 6) is 0.445. The third-order valence-corrected chi connectivity index (χ3v) is 3.72. The van der Waals surface area contributed by atoms with Gasteiger partial charge in [0.2, 0.25) is 0 Å². The Labute approximate surface area is 130 Å². The number of halogens is 1. The highest BCUT2D eigenvalue weighted by Crippen LogP contribution is 2.20. The van der Waals surface area contributed by atoms with Gasteiger partial charge in [0, 0.05) is 10.9 Å². The fourth-order valence-electron chi connectivity index (χ4n) is 2.28. The van der Waals surface area contributed by atoms with Crippen molar-refractivity contribution in [1.82, 2.24) is 9.97 Å². The zero-order valence-corrected chi connectivity index (χ0v) is 13.0. The SMILES string of the molecule is COC(=O)c1cccc2[nH]c(Cc3cccc(Br)c3)nc12. The monoisotopic (exact) mass is 344 g/mol. The molecule has 21 heavy (non-hydrogen) atoms. The first-order valence-corrected chi connectivity index (χ1v) is 7.27. The smallest absolute Gasteiger partial charge is 0.340 e. The van der Waals surface area contributed by atoms with E-state index < -0.39 is 0 Å². The standard InChI is InChI=1S/C16H13BrN2O2/c1-21-16(20)12-6-3-7-13-15(12)19-14(18-13)9-10-4-2-5-11(17)8-10/h2-8H,9H2,1H3,(H,18,19). The Kier molecular flexibility index (Phi) is 3.75. The number of hydrogen-bond donors (Lipinski definition) is 1. The number of aromatic amines is 1. The van der Waals surface area contributed by atoms with E-state index in [-0.39, 0.29) is 5.97 Å². The van der Waals surface area contributed by atoms with E-state index in [1.165, 1.54) is 7.11 Å². The molecule has 1 N–H and O–H groups in total. The quantitative estimate of drug-likeness (QED) is 0.737. The molecule has 1 aromatic heterocycles. The van der Waals surface area contributed by atoms with Crippen LogP contribution in [0.3, 0.4) is 0 Å². The van der Waals surface area contributed by atoms with Crippen LogP contribution < -0.4 is 0 Å². The number of H-pyrrole nitrogens is 1. The average Bonchev–Trinajstić information content (AvgIpc) is 2.88. The van der Waals surface area contributed by atoms with Crippen molar-refractivity contribution in [3.8, 4) is 0 Å². The van der Waals surface area contributed by atoms with Gasteiger partial charge in [-0.3, -0.25) is 0 Å². The fraction of sp³-hybridized carbons (Fsp3) is 0.125. The molecule has 0 aliphatic heterocycles. The van der Waals surface area contributed by atoms with Crippen molar-refractivity contribution >= 4 is 32.9 Å². The summed E-state index contributed by atoms with van der Waals surface area (Å²) in [5.41, 5.74) is 3.10. The molecule has 1 heterocycles. The molecule has 106 valence electrons. The third kappa shape index (κ3) is 2.83. The first-order valence-electron chi connectivity index (χ1n) is 6.48. The summed E-state index contributed by atoms with van der Waals surface area (Å²) in [4.78, 5) is 19.5. The predicted octanol–water partition coefficient (Wildman–Crippen LogP) is 3.70. The lowest BCUT2D eigenvalue weighted by Gasteiger charge is -1.99. The average molecular weight is 345 g/mol. The first-order chi connectivity index (χ1) is 10.2. The molecule has 0 amide bonds. The lowest BCUT2D eigenvalue weighted by Crippen LogP contribution is -2.01. The molecule has 0 unspecified atom stereocenters. The zero-order valence-electron chi connectivity index (χ0n) is 11.4. The normalized spacial score (nSPS) is 10.8. The second-order valence-electron chi connectivity index (χ2n) is 4.68. The number of benzene rings is 2. The molecular formula is C16H13BrN2O2. The van der Waals surface area contributed by atoms with Gasteiger partial charge < -0.3 is 9.72 Å². The van der Waals surface area contributed by atoms with E-state index >= 15 is 0 Å². The number of hydrogen-bond acceptors (Lipinski definition) is 3. The first kappa shape index (κ1) is 13.8. The third-order valence-electron chi connectivity index (χ3n) is 3.23. The van der Waals surface area contributed by atoms with Crippen LogP contribution in [0.25, 0.3) is 11.0 Å². The number of carbonyl (C=O) groups is 1. The number of ether oxygens (including phenoxy) is 1. The van der Waals surface area contributed by atoms with Crippen molar-refractivity contribution in [2.45, 2.75) is 6.42 Å². The van der Waals surface area contributed by atoms with Crippen molar-refractivity contribution in [1.29, 1.82) is 0 Å². The Morgan fingerprint density at radius 3 is 2.86 bits per heavy atom. The summed E-state index contributed by atoms with van der Waals surface area (Å²) in [6.07, 6.45) is 0.675. The number of esters is 1. The van der Waals surface area contributed by atoms with Crippen LogP contribution in [-0.2, 0) is 11.2 Å². The summed E-state index contributed by atoms with van der Waals surface area (Å²) >= 11 is 3.46. The van der Waals surface area contributed by atoms with Gasteiger partial charge in [0.1, 0.15) is 11.3 Å². The second kappa shape index (κ2) is 5.69. The van der Waals surface area contributed by atoms with E-state index in [1.807, 2.05) is 30.3 Å². The van der Waals surface area contributed by atoms with Gasteiger partial charge in [0.25, 0.3) is 0 Å². The van der Waals surface area contributed by atoms with Gasteiger partial charge in [-0.15, -0.1) is 0 Å². The van der Waals surface area contributed by atoms with Gasteiger partial charge in [-0.1, -0.05) is 34.1 Å². The van der Waals surface area contributed by atoms with Crippen LogP contribution in [0.4, 0.5) is 0 Å². The topological polar surface area (TPSA) is 55.0 Å². The number of carbonyl (C=O) groups excluding carboxylic acids is 1. The number of fused-ring (bicyclic) bond motifs is 1. The molecule has 0 radical (unpaired) electrons. The highest BCUT2D eigenvalue weighted by atomic mass is 79.9. The maximum atomic E-state index is 11.8. The number of methoxy groups -OCH3 is 1. The van der Waals surface area contributed by atoms with Crippen LogP contribution in [-0.4, -0.2) is 23.0 Å². The molecule has 4 nitrogen and oxygen atoms in total. The molecule has 2 aromatic carbocycles. The summed E-state index contributed by atoms with van der Waals surface area (Å²) in [6.45, 7) is 0. The van der Waals surface area contributed by atoms with Crippen molar-refractivity contribution in [3.63, 3.8) is 0 Å². The maximum Gasteiger partial charge on any atom is 0.340 e. The Bertz CT molecular complexity index is 811. The molecule has 0 saturated heterocycles. The van der Waals surface area contributed by atoms with Crippen molar-refractivity contribution < 1.29 is 9.53 Å². The lowest BCUT2D eigenvalue weighted by molar-refractivity contribution is 0.0603. The Morgan fingerprint density at radius 2 is 2.10 bits per heavy atom.